The largest absolute Gasteiger partial charge is 0.339 e. The number of carbonyl (C=O) groups excluding carboxylic acids is 1. The van der Waals surface area contributed by atoms with Crippen molar-refractivity contribution in [3.8, 4) is 0 Å². The number of aromatic nitrogens is 2. The van der Waals surface area contributed by atoms with Gasteiger partial charge in [0.2, 0.25) is 11.9 Å². The third kappa shape index (κ3) is 3.38. The number of hydrogen-bond donors (Lipinski definition) is 2. The molecule has 2 saturated heterocycles. The predicted octanol–water partition coefficient (Wildman–Crippen LogP) is 0.730. The molecule has 3 heterocycles. The Morgan fingerprint density at radius 2 is 1.77 bits per heavy atom. The van der Waals surface area contributed by atoms with E-state index in [1.807, 2.05) is 4.90 Å². The molecule has 2 aliphatic rings. The molecule has 2 fully saturated rings. The van der Waals surface area contributed by atoms with Crippen molar-refractivity contribution in [2.75, 3.05) is 37.6 Å². The highest BCUT2D eigenvalue weighted by molar-refractivity contribution is 5.80. The number of benzene rings is 1. The molecule has 0 spiro atoms. The van der Waals surface area contributed by atoms with Gasteiger partial charge in [0, 0.05) is 45.1 Å². The van der Waals surface area contributed by atoms with E-state index in [1.165, 1.54) is 12.1 Å². The minimum atomic E-state index is -0.276. The summed E-state index contributed by atoms with van der Waals surface area (Å²) in [5.74, 6) is 0.334. The molecular formula is C18H21FN6O. The first-order valence-corrected chi connectivity index (χ1v) is 8.77. The average Bonchev–Trinajstić information content (AvgIpc) is 3.19. The number of carbonyl (C=O) groups is 1. The van der Waals surface area contributed by atoms with Crippen LogP contribution in [0, 0.1) is 11.7 Å². The highest BCUT2D eigenvalue weighted by Crippen LogP contribution is 2.27. The van der Waals surface area contributed by atoms with Crippen LogP contribution < -0.4 is 15.8 Å². The van der Waals surface area contributed by atoms with Crippen LogP contribution >= 0.6 is 0 Å². The fourth-order valence-electron chi connectivity index (χ4n) is 3.53. The summed E-state index contributed by atoms with van der Waals surface area (Å²) in [5.41, 5.74) is 7.12. The third-order valence-corrected chi connectivity index (χ3v) is 4.95. The fourth-order valence-corrected chi connectivity index (χ4v) is 3.53. The maximum absolute atomic E-state index is 13.2. The van der Waals surface area contributed by atoms with Gasteiger partial charge >= 0.3 is 0 Å². The topological polar surface area (TPSA) is 73.4 Å². The standard InChI is InChI=1S/C18H21FN6O/c19-14-4-2-13(3-5-14)16-15(12-22-23-16)17(26)24-8-10-25(11-9-24)18-20-6-1-7-21-18/h1-7,15-16,22-23H,8-12H2. The van der Waals surface area contributed by atoms with E-state index in [9.17, 15) is 9.18 Å². The number of piperazine rings is 1. The van der Waals surface area contributed by atoms with Gasteiger partial charge in [-0.25, -0.2) is 19.8 Å². The van der Waals surface area contributed by atoms with E-state index in [1.54, 1.807) is 30.6 Å². The number of nitrogens with zero attached hydrogens (tertiary/aromatic N) is 4. The van der Waals surface area contributed by atoms with Crippen molar-refractivity contribution in [2.24, 2.45) is 5.92 Å². The van der Waals surface area contributed by atoms with Crippen LogP contribution in [-0.2, 0) is 4.79 Å². The first kappa shape index (κ1) is 16.9. The summed E-state index contributed by atoms with van der Waals surface area (Å²) < 4.78 is 13.2. The normalized spacial score (nSPS) is 23.3. The van der Waals surface area contributed by atoms with E-state index in [4.69, 9.17) is 0 Å². The minimum Gasteiger partial charge on any atom is -0.339 e. The molecule has 1 amide bonds. The lowest BCUT2D eigenvalue weighted by atomic mass is 9.93. The zero-order valence-corrected chi connectivity index (χ0v) is 14.3. The Morgan fingerprint density at radius 3 is 2.46 bits per heavy atom. The Labute approximate surface area is 151 Å². The smallest absolute Gasteiger partial charge is 0.229 e. The molecule has 136 valence electrons. The van der Waals surface area contributed by atoms with Crippen molar-refractivity contribution in [3.05, 3.63) is 54.1 Å². The van der Waals surface area contributed by atoms with Crippen LogP contribution in [-0.4, -0.2) is 53.5 Å². The molecule has 2 N–H and O–H groups in total. The number of nitrogens with one attached hydrogen (secondary N) is 2. The molecule has 2 atom stereocenters. The predicted molar refractivity (Wildman–Crippen MR) is 94.6 cm³/mol. The fraction of sp³-hybridized carbons (Fsp3) is 0.389. The Bertz CT molecular complexity index is 748. The van der Waals surface area contributed by atoms with Crippen LogP contribution in [0.3, 0.4) is 0 Å². The number of hydrazine groups is 1. The number of anilines is 1. The molecule has 7 nitrogen and oxygen atoms in total. The van der Waals surface area contributed by atoms with Crippen molar-refractivity contribution < 1.29 is 9.18 Å². The maximum Gasteiger partial charge on any atom is 0.229 e. The number of hydrogen-bond acceptors (Lipinski definition) is 6. The lowest BCUT2D eigenvalue weighted by Gasteiger charge is -2.36. The van der Waals surface area contributed by atoms with E-state index in [0.29, 0.717) is 38.7 Å². The van der Waals surface area contributed by atoms with Gasteiger partial charge in [-0.2, -0.15) is 0 Å². The zero-order valence-electron chi connectivity index (χ0n) is 14.3. The zero-order chi connectivity index (χ0) is 17.9. The first-order valence-electron chi connectivity index (χ1n) is 8.77. The van der Waals surface area contributed by atoms with Crippen molar-refractivity contribution in [1.29, 1.82) is 0 Å². The second kappa shape index (κ2) is 7.35. The molecule has 2 aliphatic heterocycles. The molecule has 0 radical (unpaired) electrons. The van der Waals surface area contributed by atoms with Gasteiger partial charge in [0.15, 0.2) is 0 Å². The quantitative estimate of drug-likeness (QED) is 0.845. The first-order chi connectivity index (χ1) is 12.7. The van der Waals surface area contributed by atoms with E-state index < -0.39 is 0 Å². The van der Waals surface area contributed by atoms with Crippen molar-refractivity contribution in [1.82, 2.24) is 25.7 Å². The molecule has 0 bridgehead atoms. The number of amides is 1. The van der Waals surface area contributed by atoms with Crippen LogP contribution in [0.25, 0.3) is 0 Å². The van der Waals surface area contributed by atoms with Gasteiger partial charge in [0.1, 0.15) is 5.82 Å². The summed E-state index contributed by atoms with van der Waals surface area (Å²) >= 11 is 0. The van der Waals surface area contributed by atoms with Gasteiger partial charge in [-0.1, -0.05) is 12.1 Å². The van der Waals surface area contributed by atoms with Gasteiger partial charge in [-0.05, 0) is 23.8 Å². The molecule has 26 heavy (non-hydrogen) atoms. The van der Waals surface area contributed by atoms with Crippen molar-refractivity contribution >= 4 is 11.9 Å². The molecular weight excluding hydrogens is 335 g/mol. The monoisotopic (exact) mass is 356 g/mol. The van der Waals surface area contributed by atoms with E-state index in [-0.39, 0.29) is 23.7 Å². The SMILES string of the molecule is O=C(C1CNNC1c1ccc(F)cc1)N1CCN(c2ncccn2)CC1. The molecule has 4 rings (SSSR count). The molecule has 1 aromatic heterocycles. The molecule has 0 aliphatic carbocycles. The average molecular weight is 356 g/mol. The second-order valence-electron chi connectivity index (χ2n) is 6.52. The Morgan fingerprint density at radius 1 is 1.08 bits per heavy atom. The van der Waals surface area contributed by atoms with Crippen molar-refractivity contribution in [2.45, 2.75) is 6.04 Å². The molecule has 1 aromatic carbocycles. The minimum absolute atomic E-state index is 0.116. The summed E-state index contributed by atoms with van der Waals surface area (Å²) in [6.45, 7) is 3.27. The lowest BCUT2D eigenvalue weighted by molar-refractivity contribution is -0.135. The van der Waals surface area contributed by atoms with E-state index in [0.717, 1.165) is 5.56 Å². The summed E-state index contributed by atoms with van der Waals surface area (Å²) in [5, 5.41) is 0. The number of rotatable bonds is 3. The second-order valence-corrected chi connectivity index (χ2v) is 6.52. The summed E-state index contributed by atoms with van der Waals surface area (Å²) in [4.78, 5) is 25.5. The van der Waals surface area contributed by atoms with Crippen LogP contribution in [0.4, 0.5) is 10.3 Å². The molecule has 8 heteroatoms. The lowest BCUT2D eigenvalue weighted by Crippen LogP contribution is -2.51. The van der Waals surface area contributed by atoms with Crippen LogP contribution in [0.5, 0.6) is 0 Å². The van der Waals surface area contributed by atoms with Crippen LogP contribution in [0.1, 0.15) is 11.6 Å². The third-order valence-electron chi connectivity index (χ3n) is 4.95. The van der Waals surface area contributed by atoms with E-state index >= 15 is 0 Å². The Hall–Kier alpha value is -2.58. The van der Waals surface area contributed by atoms with E-state index in [2.05, 4.69) is 25.7 Å². The van der Waals surface area contributed by atoms with Gasteiger partial charge < -0.3 is 9.80 Å². The Balaban J connectivity index is 1.40. The number of halogens is 1. The van der Waals surface area contributed by atoms with Crippen LogP contribution in [0.2, 0.25) is 0 Å². The molecule has 0 saturated carbocycles. The van der Waals surface area contributed by atoms with Gasteiger partial charge in [-0.3, -0.25) is 10.2 Å². The van der Waals surface area contributed by atoms with Crippen molar-refractivity contribution in [3.63, 3.8) is 0 Å². The molecule has 2 unspecified atom stereocenters. The maximum atomic E-state index is 13.2. The summed E-state index contributed by atoms with van der Waals surface area (Å²) in [7, 11) is 0. The molecule has 2 aromatic rings. The summed E-state index contributed by atoms with van der Waals surface area (Å²) in [6, 6.07) is 7.94. The van der Waals surface area contributed by atoms with Gasteiger partial charge in [-0.15, -0.1) is 0 Å². The highest BCUT2D eigenvalue weighted by Gasteiger charge is 2.37. The highest BCUT2D eigenvalue weighted by atomic mass is 19.1. The van der Waals surface area contributed by atoms with Crippen LogP contribution in [0.15, 0.2) is 42.7 Å². The van der Waals surface area contributed by atoms with Gasteiger partial charge in [0.25, 0.3) is 0 Å². The summed E-state index contributed by atoms with van der Waals surface area (Å²) in [6.07, 6.45) is 3.45. The van der Waals surface area contributed by atoms with Gasteiger partial charge in [0.05, 0.1) is 12.0 Å². The Kier molecular flexibility index (Phi) is 4.77.